The maximum atomic E-state index is 6.34. The fourth-order valence-electron chi connectivity index (χ4n) is 5.19. The largest absolute Gasteiger partial charge is 0.397 e. The van der Waals surface area contributed by atoms with E-state index in [1.54, 1.807) is 42.7 Å². The van der Waals surface area contributed by atoms with Crippen molar-refractivity contribution in [3.05, 3.63) is 0 Å². The van der Waals surface area contributed by atoms with E-state index in [0.29, 0.717) is 26.4 Å². The average molecular weight is 645 g/mol. The highest BCUT2D eigenvalue weighted by atomic mass is 28.4. The van der Waals surface area contributed by atoms with Crippen LogP contribution in [0.1, 0.15) is 12.8 Å². The molecule has 0 aromatic carbocycles. The normalized spacial score (nSPS) is 29.2. The zero-order chi connectivity index (χ0) is 29.4. The summed E-state index contributed by atoms with van der Waals surface area (Å²) in [5.41, 5.74) is 0. The Labute approximate surface area is 248 Å². The molecular formula is C24H56N2O10Si4. The number of hydrogen-bond donors (Lipinski definition) is 0. The molecule has 238 valence electrons. The van der Waals surface area contributed by atoms with Gasteiger partial charge in [0.15, 0.2) is 0 Å². The van der Waals surface area contributed by atoms with Crippen molar-refractivity contribution in [2.24, 2.45) is 0 Å². The Morgan fingerprint density at radius 1 is 0.675 bits per heavy atom. The van der Waals surface area contributed by atoms with Gasteiger partial charge in [0.25, 0.3) is 0 Å². The number of ether oxygens (including phenoxy) is 6. The Kier molecular flexibility index (Phi) is 17.9. The molecular weight excluding hydrogens is 589 g/mol. The minimum Gasteiger partial charge on any atom is -0.397 e. The molecule has 0 spiro atoms. The smallest absolute Gasteiger partial charge is 0.349 e. The van der Waals surface area contributed by atoms with E-state index >= 15 is 0 Å². The summed E-state index contributed by atoms with van der Waals surface area (Å²) in [5, 5.41) is 0. The van der Waals surface area contributed by atoms with Gasteiger partial charge in [-0.15, -0.1) is 0 Å². The fraction of sp³-hybridized carbons (Fsp3) is 1.00. The third-order valence-corrected chi connectivity index (χ3v) is 17.0. The molecule has 0 bridgehead atoms. The second kappa shape index (κ2) is 19.6. The van der Waals surface area contributed by atoms with Gasteiger partial charge in [-0.2, -0.15) is 0 Å². The SMILES string of the molecule is COC(OC)[SiH2]CN1CC(COCCCCOCC2CN(C[SiH2]C(OC)OC)C[Si](C)(OC)O2)O[Si](C)(OC)C1. The lowest BCUT2D eigenvalue weighted by molar-refractivity contribution is -0.0464. The summed E-state index contributed by atoms with van der Waals surface area (Å²) in [6, 6.07) is 0. The van der Waals surface area contributed by atoms with Crippen molar-refractivity contribution >= 4 is 36.2 Å². The minimum atomic E-state index is -2.23. The van der Waals surface area contributed by atoms with Gasteiger partial charge in [0, 0.05) is 81.3 Å². The first-order valence-electron chi connectivity index (χ1n) is 14.4. The molecule has 2 aliphatic heterocycles. The number of unbranched alkanes of at least 4 members (excludes halogenated alkanes) is 1. The molecule has 2 rings (SSSR count). The summed E-state index contributed by atoms with van der Waals surface area (Å²) in [5.74, 6) is -0.117. The first-order chi connectivity index (χ1) is 19.2. The van der Waals surface area contributed by atoms with Crippen LogP contribution < -0.4 is 0 Å². The van der Waals surface area contributed by atoms with Gasteiger partial charge in [-0.1, -0.05) is 0 Å². The summed E-state index contributed by atoms with van der Waals surface area (Å²) >= 11 is 0. The summed E-state index contributed by atoms with van der Waals surface area (Å²) in [4.78, 5) is 4.89. The topological polar surface area (TPSA) is 98.8 Å². The number of methoxy groups -OCH3 is 4. The number of hydrogen-bond acceptors (Lipinski definition) is 12. The molecule has 40 heavy (non-hydrogen) atoms. The summed E-state index contributed by atoms with van der Waals surface area (Å²) in [6.07, 6.45) is 5.67. The van der Waals surface area contributed by atoms with Gasteiger partial charge in [0.1, 0.15) is 30.9 Å². The highest BCUT2D eigenvalue weighted by Crippen LogP contribution is 2.20. The molecule has 0 N–H and O–H groups in total. The molecule has 0 saturated carbocycles. The molecule has 0 aromatic rings. The Bertz CT molecular complexity index is 619. The Balaban J connectivity index is 1.64. The van der Waals surface area contributed by atoms with Crippen LogP contribution in [0.2, 0.25) is 13.1 Å². The molecule has 4 unspecified atom stereocenters. The van der Waals surface area contributed by atoms with Gasteiger partial charge in [0.2, 0.25) is 0 Å². The van der Waals surface area contributed by atoms with Gasteiger partial charge in [-0.3, -0.25) is 0 Å². The molecule has 2 aliphatic rings. The summed E-state index contributed by atoms with van der Waals surface area (Å²) < 4.78 is 57.9. The van der Waals surface area contributed by atoms with Gasteiger partial charge in [-0.05, 0) is 38.3 Å². The molecule has 12 nitrogen and oxygen atoms in total. The van der Waals surface area contributed by atoms with Gasteiger partial charge < -0.3 is 55.9 Å². The molecule has 0 aromatic heterocycles. The molecule has 0 amide bonds. The molecule has 16 heteroatoms. The lowest BCUT2D eigenvalue weighted by Crippen LogP contribution is -2.61. The fourth-order valence-corrected chi connectivity index (χ4v) is 13.1. The zero-order valence-corrected chi connectivity index (χ0v) is 31.0. The van der Waals surface area contributed by atoms with Crippen molar-refractivity contribution in [3.63, 3.8) is 0 Å². The van der Waals surface area contributed by atoms with E-state index in [9.17, 15) is 0 Å². The van der Waals surface area contributed by atoms with Crippen molar-refractivity contribution in [2.75, 3.05) is 107 Å². The van der Waals surface area contributed by atoms with Crippen molar-refractivity contribution in [3.8, 4) is 0 Å². The van der Waals surface area contributed by atoms with Crippen molar-refractivity contribution in [1.29, 1.82) is 0 Å². The quantitative estimate of drug-likeness (QED) is 0.0882. The van der Waals surface area contributed by atoms with Crippen molar-refractivity contribution < 1.29 is 46.1 Å². The summed E-state index contributed by atoms with van der Waals surface area (Å²) in [7, 11) is 4.77. The van der Waals surface area contributed by atoms with E-state index in [1.807, 2.05) is 0 Å². The van der Waals surface area contributed by atoms with E-state index < -0.39 is 36.2 Å². The van der Waals surface area contributed by atoms with Crippen LogP contribution in [-0.4, -0.2) is 177 Å². The van der Waals surface area contributed by atoms with E-state index in [2.05, 4.69) is 22.9 Å². The Hall–Kier alpha value is 0.388. The molecule has 2 fully saturated rings. The second-order valence-corrected chi connectivity index (χ2v) is 20.7. The van der Waals surface area contributed by atoms with Crippen LogP contribution in [0.5, 0.6) is 0 Å². The molecule has 0 radical (unpaired) electrons. The molecule has 0 aliphatic carbocycles. The third-order valence-electron chi connectivity index (χ3n) is 7.49. The minimum absolute atomic E-state index is 0.0240. The highest BCUT2D eigenvalue weighted by molar-refractivity contribution is 6.66. The molecule has 2 heterocycles. The van der Waals surface area contributed by atoms with E-state index in [1.165, 1.54) is 0 Å². The maximum Gasteiger partial charge on any atom is 0.349 e. The lowest BCUT2D eigenvalue weighted by atomic mass is 10.3. The second-order valence-electron chi connectivity index (χ2n) is 10.9. The van der Waals surface area contributed by atoms with Crippen LogP contribution in [0.25, 0.3) is 0 Å². The van der Waals surface area contributed by atoms with Crippen LogP contribution in [0.4, 0.5) is 0 Å². The van der Waals surface area contributed by atoms with Crippen LogP contribution in [0, 0.1) is 0 Å². The van der Waals surface area contributed by atoms with E-state index in [4.69, 9.17) is 46.1 Å². The van der Waals surface area contributed by atoms with Gasteiger partial charge in [-0.25, -0.2) is 0 Å². The first-order valence-corrected chi connectivity index (χ1v) is 23.1. The van der Waals surface area contributed by atoms with Crippen molar-refractivity contribution in [1.82, 2.24) is 9.80 Å². The maximum absolute atomic E-state index is 6.34. The van der Waals surface area contributed by atoms with E-state index in [-0.39, 0.29) is 24.0 Å². The van der Waals surface area contributed by atoms with Crippen LogP contribution >= 0.6 is 0 Å². The van der Waals surface area contributed by atoms with Crippen LogP contribution in [0.3, 0.4) is 0 Å². The first kappa shape index (κ1) is 36.6. The number of rotatable bonds is 21. The average Bonchev–Trinajstić information content (AvgIpc) is 2.95. The molecule has 2 saturated heterocycles. The summed E-state index contributed by atoms with van der Waals surface area (Å²) in [6.45, 7) is 8.47. The zero-order valence-electron chi connectivity index (χ0n) is 26.2. The van der Waals surface area contributed by atoms with Crippen LogP contribution in [-0.2, 0) is 46.1 Å². The van der Waals surface area contributed by atoms with Crippen molar-refractivity contribution in [2.45, 2.75) is 50.0 Å². The predicted molar refractivity (Wildman–Crippen MR) is 163 cm³/mol. The lowest BCUT2D eigenvalue weighted by Gasteiger charge is -2.42. The van der Waals surface area contributed by atoms with E-state index in [0.717, 1.165) is 50.6 Å². The number of nitrogens with zero attached hydrogens (tertiary/aromatic N) is 2. The Morgan fingerprint density at radius 2 is 1.05 bits per heavy atom. The third kappa shape index (κ3) is 13.4. The van der Waals surface area contributed by atoms with Gasteiger partial charge >= 0.3 is 17.1 Å². The monoisotopic (exact) mass is 644 g/mol. The predicted octanol–water partition coefficient (Wildman–Crippen LogP) is -0.878. The Morgan fingerprint density at radius 3 is 1.38 bits per heavy atom. The van der Waals surface area contributed by atoms with Gasteiger partial charge in [0.05, 0.1) is 25.4 Å². The highest BCUT2D eigenvalue weighted by Gasteiger charge is 2.42. The van der Waals surface area contributed by atoms with Crippen LogP contribution in [0.15, 0.2) is 0 Å². The standard InChI is InChI=1S/C24H56N2O10Si4/c1-27-23(28-2)37-17-25-13-21(35-39(7,19-25)31-5)15-33-11-9-10-12-34-16-22-14-26(18-38-24(29-3)30-4)20-40(8,32-6)36-22/h21-24H,9-20,37-38H2,1-8H3. The molecule has 4 atom stereocenters.